The van der Waals surface area contributed by atoms with Crippen molar-refractivity contribution in [2.75, 3.05) is 7.11 Å². The van der Waals surface area contributed by atoms with Gasteiger partial charge in [-0.05, 0) is 48.9 Å². The second kappa shape index (κ2) is 7.13. The lowest BCUT2D eigenvalue weighted by atomic mass is 10.0. The quantitative estimate of drug-likeness (QED) is 0.668. The summed E-state index contributed by atoms with van der Waals surface area (Å²) >= 11 is 12.3. The average Bonchev–Trinajstić information content (AvgIpc) is 2.25. The van der Waals surface area contributed by atoms with E-state index in [9.17, 15) is 0 Å². The molecule has 1 aromatic carbocycles. The number of hydrogen-bond donors (Lipinski definition) is 0. The van der Waals surface area contributed by atoms with Gasteiger partial charge in [-0.15, -0.1) is 11.6 Å². The summed E-state index contributed by atoms with van der Waals surface area (Å²) in [6.07, 6.45) is 2.91. The maximum atomic E-state index is 6.29. The van der Waals surface area contributed by atoms with Gasteiger partial charge in [-0.1, -0.05) is 25.4 Å². The third-order valence-electron chi connectivity index (χ3n) is 2.70. The van der Waals surface area contributed by atoms with E-state index in [-0.39, 0.29) is 5.38 Å². The molecule has 0 bridgehead atoms. The summed E-state index contributed by atoms with van der Waals surface area (Å²) in [6, 6.07) is 5.71. The lowest BCUT2D eigenvalue weighted by molar-refractivity contribution is 0.408. The molecule has 0 radical (unpaired) electrons. The van der Waals surface area contributed by atoms with E-state index in [2.05, 4.69) is 13.8 Å². The van der Waals surface area contributed by atoms with Crippen molar-refractivity contribution in [2.45, 2.75) is 38.5 Å². The Morgan fingerprint density at radius 1 is 1.29 bits per heavy atom. The largest absolute Gasteiger partial charge is 0.496 e. The third kappa shape index (κ3) is 5.18. The molecule has 0 saturated heterocycles. The Kier molecular flexibility index (Phi) is 6.15. The van der Waals surface area contributed by atoms with Crippen LogP contribution in [0.3, 0.4) is 0 Å². The number of hydrogen-bond acceptors (Lipinski definition) is 1. The van der Waals surface area contributed by atoms with Crippen molar-refractivity contribution in [1.82, 2.24) is 0 Å². The minimum atomic E-state index is 0.221. The van der Waals surface area contributed by atoms with E-state index in [4.69, 9.17) is 27.9 Å². The first kappa shape index (κ1) is 14.7. The molecule has 0 N–H and O–H groups in total. The van der Waals surface area contributed by atoms with E-state index >= 15 is 0 Å². The molecule has 17 heavy (non-hydrogen) atoms. The molecule has 0 aromatic heterocycles. The summed E-state index contributed by atoms with van der Waals surface area (Å²) in [5, 5.41) is 0.967. The second-order valence-electron chi connectivity index (χ2n) is 4.72. The summed E-state index contributed by atoms with van der Waals surface area (Å²) in [5.74, 6) is 1.53. The van der Waals surface area contributed by atoms with Gasteiger partial charge in [0, 0.05) is 10.4 Å². The van der Waals surface area contributed by atoms with E-state index in [1.54, 1.807) is 7.11 Å². The Bertz CT molecular complexity index is 350. The Labute approximate surface area is 114 Å². The molecule has 0 aliphatic rings. The van der Waals surface area contributed by atoms with Crippen LogP contribution in [-0.2, 0) is 6.42 Å². The van der Waals surface area contributed by atoms with Crippen LogP contribution in [0.1, 0.15) is 32.3 Å². The van der Waals surface area contributed by atoms with Crippen LogP contribution in [0, 0.1) is 5.92 Å². The van der Waals surface area contributed by atoms with Gasteiger partial charge in [-0.2, -0.15) is 0 Å². The normalized spacial score (nSPS) is 12.8. The van der Waals surface area contributed by atoms with Crippen molar-refractivity contribution in [1.29, 1.82) is 0 Å². The van der Waals surface area contributed by atoms with Gasteiger partial charge in [-0.25, -0.2) is 0 Å². The maximum Gasteiger partial charge on any atom is 0.122 e. The standard InChI is InChI=1S/C14H20Cl2O/c1-10(2)8-12(15)5-4-11-9-13(16)6-7-14(11)17-3/h6-7,9-10,12H,4-5,8H2,1-3H3. The molecule has 0 aliphatic carbocycles. The molecule has 1 unspecified atom stereocenters. The van der Waals surface area contributed by atoms with Gasteiger partial charge < -0.3 is 4.74 Å². The minimum Gasteiger partial charge on any atom is -0.496 e. The van der Waals surface area contributed by atoms with Gasteiger partial charge in [-0.3, -0.25) is 0 Å². The van der Waals surface area contributed by atoms with Gasteiger partial charge in [0.1, 0.15) is 5.75 Å². The van der Waals surface area contributed by atoms with Gasteiger partial charge in [0.25, 0.3) is 0 Å². The van der Waals surface area contributed by atoms with Crippen LogP contribution in [0.25, 0.3) is 0 Å². The van der Waals surface area contributed by atoms with Crippen molar-refractivity contribution in [2.24, 2.45) is 5.92 Å². The molecule has 0 aliphatic heterocycles. The maximum absolute atomic E-state index is 6.29. The number of methoxy groups -OCH3 is 1. The van der Waals surface area contributed by atoms with Gasteiger partial charge in [0.05, 0.1) is 7.11 Å². The van der Waals surface area contributed by atoms with E-state index in [1.807, 2.05) is 18.2 Å². The Hall–Kier alpha value is -0.400. The van der Waals surface area contributed by atoms with Gasteiger partial charge in [0.15, 0.2) is 0 Å². The zero-order valence-electron chi connectivity index (χ0n) is 10.7. The van der Waals surface area contributed by atoms with Crippen LogP contribution in [0.5, 0.6) is 5.75 Å². The number of aryl methyl sites for hydroxylation is 1. The fraction of sp³-hybridized carbons (Fsp3) is 0.571. The van der Waals surface area contributed by atoms with Crippen molar-refractivity contribution in [3.05, 3.63) is 28.8 Å². The van der Waals surface area contributed by atoms with Crippen LogP contribution < -0.4 is 4.74 Å². The molecule has 3 heteroatoms. The Morgan fingerprint density at radius 3 is 2.59 bits per heavy atom. The molecule has 0 fully saturated rings. The number of alkyl halides is 1. The highest BCUT2D eigenvalue weighted by atomic mass is 35.5. The Morgan fingerprint density at radius 2 is 2.00 bits per heavy atom. The van der Waals surface area contributed by atoms with Crippen LogP contribution in [0.15, 0.2) is 18.2 Å². The van der Waals surface area contributed by atoms with Gasteiger partial charge in [0.2, 0.25) is 0 Å². The lowest BCUT2D eigenvalue weighted by Crippen LogP contribution is -2.05. The molecule has 1 nitrogen and oxygen atoms in total. The van der Waals surface area contributed by atoms with Crippen molar-refractivity contribution in [3.8, 4) is 5.75 Å². The summed E-state index contributed by atoms with van der Waals surface area (Å²) < 4.78 is 5.31. The zero-order chi connectivity index (χ0) is 12.8. The smallest absolute Gasteiger partial charge is 0.122 e. The van der Waals surface area contributed by atoms with Crippen molar-refractivity contribution < 1.29 is 4.74 Å². The topological polar surface area (TPSA) is 9.23 Å². The third-order valence-corrected chi connectivity index (χ3v) is 3.33. The summed E-state index contributed by atoms with van der Waals surface area (Å²) in [5.41, 5.74) is 1.13. The van der Waals surface area contributed by atoms with E-state index in [1.165, 1.54) is 0 Å². The number of halogens is 2. The first-order valence-corrected chi connectivity index (χ1v) is 6.81. The fourth-order valence-electron chi connectivity index (χ4n) is 1.88. The van der Waals surface area contributed by atoms with Crippen LogP contribution >= 0.6 is 23.2 Å². The van der Waals surface area contributed by atoms with Crippen LogP contribution in [-0.4, -0.2) is 12.5 Å². The highest BCUT2D eigenvalue weighted by Crippen LogP contribution is 2.25. The number of benzene rings is 1. The van der Waals surface area contributed by atoms with Crippen LogP contribution in [0.2, 0.25) is 5.02 Å². The average molecular weight is 275 g/mol. The van der Waals surface area contributed by atoms with Crippen molar-refractivity contribution >= 4 is 23.2 Å². The molecule has 1 atom stereocenters. The fourth-order valence-corrected chi connectivity index (χ4v) is 2.54. The van der Waals surface area contributed by atoms with Crippen molar-refractivity contribution in [3.63, 3.8) is 0 Å². The predicted molar refractivity (Wildman–Crippen MR) is 75.4 cm³/mol. The number of rotatable bonds is 6. The molecule has 0 spiro atoms. The monoisotopic (exact) mass is 274 g/mol. The first-order valence-electron chi connectivity index (χ1n) is 5.99. The molecule has 1 aromatic rings. The summed E-state index contributed by atoms with van der Waals surface area (Å²) in [6.45, 7) is 4.38. The molecule has 96 valence electrons. The zero-order valence-corrected chi connectivity index (χ0v) is 12.2. The number of ether oxygens (including phenoxy) is 1. The van der Waals surface area contributed by atoms with Gasteiger partial charge >= 0.3 is 0 Å². The highest BCUT2D eigenvalue weighted by Gasteiger charge is 2.10. The molecule has 0 amide bonds. The Balaban J connectivity index is 2.58. The second-order valence-corrected chi connectivity index (χ2v) is 5.78. The van der Waals surface area contributed by atoms with E-state index < -0.39 is 0 Å². The minimum absolute atomic E-state index is 0.221. The van der Waals surface area contributed by atoms with E-state index in [0.29, 0.717) is 5.92 Å². The highest BCUT2D eigenvalue weighted by molar-refractivity contribution is 6.30. The summed E-state index contributed by atoms with van der Waals surface area (Å²) in [7, 11) is 1.68. The molecule has 0 heterocycles. The predicted octanol–water partition coefficient (Wildman–Crippen LogP) is 4.93. The van der Waals surface area contributed by atoms with E-state index in [0.717, 1.165) is 35.6 Å². The van der Waals surface area contributed by atoms with Crippen LogP contribution in [0.4, 0.5) is 0 Å². The molecule has 1 rings (SSSR count). The molecule has 0 saturated carbocycles. The molecular formula is C14H20Cl2O. The first-order chi connectivity index (χ1) is 8.02. The molecular weight excluding hydrogens is 255 g/mol. The lowest BCUT2D eigenvalue weighted by Gasteiger charge is -2.13. The SMILES string of the molecule is COc1ccc(Cl)cc1CCC(Cl)CC(C)C. The summed E-state index contributed by atoms with van der Waals surface area (Å²) in [4.78, 5) is 0.